The summed E-state index contributed by atoms with van der Waals surface area (Å²) in [6.07, 6.45) is 0.182. The Bertz CT molecular complexity index is 650. The highest BCUT2D eigenvalue weighted by molar-refractivity contribution is 5.68. The van der Waals surface area contributed by atoms with Crippen LogP contribution < -0.4 is 0 Å². The maximum absolute atomic E-state index is 11.4. The van der Waals surface area contributed by atoms with Crippen LogP contribution >= 0.6 is 0 Å². The Morgan fingerprint density at radius 2 is 1.24 bits per heavy atom. The van der Waals surface area contributed by atoms with Crippen LogP contribution in [0.4, 0.5) is 0 Å². The Hall–Kier alpha value is -2.09. The minimum absolute atomic E-state index is 0.0409. The minimum Gasteiger partial charge on any atom is -0.481 e. The molecule has 0 aliphatic carbocycles. The fourth-order valence-electron chi connectivity index (χ4n) is 3.86. The number of hydrogen-bond donors (Lipinski definition) is 1. The third-order valence-corrected chi connectivity index (χ3v) is 6.03. The molecule has 5 unspecified atom stereocenters. The fourth-order valence-corrected chi connectivity index (χ4v) is 3.86. The third kappa shape index (κ3) is 4.94. The second-order valence-electron chi connectivity index (χ2n) is 7.39. The van der Waals surface area contributed by atoms with Crippen LogP contribution in [0.2, 0.25) is 0 Å². The summed E-state index contributed by atoms with van der Waals surface area (Å²) in [6.45, 7) is 9.05. The monoisotopic (exact) mass is 338 g/mol. The van der Waals surface area contributed by atoms with Gasteiger partial charge < -0.3 is 5.11 Å². The average Bonchev–Trinajstić information content (AvgIpc) is 2.65. The summed E-state index contributed by atoms with van der Waals surface area (Å²) in [5, 5.41) is 9.40. The van der Waals surface area contributed by atoms with Gasteiger partial charge in [0, 0.05) is 0 Å². The second kappa shape index (κ2) is 8.84. The van der Waals surface area contributed by atoms with E-state index in [0.29, 0.717) is 23.7 Å². The van der Waals surface area contributed by atoms with Gasteiger partial charge in [-0.1, -0.05) is 88.4 Å². The lowest BCUT2D eigenvalue weighted by molar-refractivity contribution is -0.137. The summed E-state index contributed by atoms with van der Waals surface area (Å²) in [7, 11) is 0. The molecule has 0 aliphatic rings. The van der Waals surface area contributed by atoms with Crippen LogP contribution in [-0.2, 0) is 4.79 Å². The molecule has 0 aromatic heterocycles. The van der Waals surface area contributed by atoms with E-state index in [0.717, 1.165) is 5.56 Å². The van der Waals surface area contributed by atoms with Gasteiger partial charge in [-0.3, -0.25) is 4.79 Å². The zero-order valence-electron chi connectivity index (χ0n) is 15.7. The lowest BCUT2D eigenvalue weighted by atomic mass is 9.69. The van der Waals surface area contributed by atoms with Gasteiger partial charge in [-0.2, -0.15) is 0 Å². The minimum atomic E-state index is -0.725. The molecule has 0 spiro atoms. The molecular weight excluding hydrogens is 308 g/mol. The predicted octanol–water partition coefficient (Wildman–Crippen LogP) is 5.96. The fraction of sp³-hybridized carbons (Fsp3) is 0.435. The Kier molecular flexibility index (Phi) is 6.81. The Labute approximate surface area is 151 Å². The van der Waals surface area contributed by atoms with E-state index >= 15 is 0 Å². The van der Waals surface area contributed by atoms with E-state index in [4.69, 9.17) is 0 Å². The number of aliphatic carboxylic acids is 1. The number of carboxylic acid groups (broad SMARTS) is 1. The molecule has 1 N–H and O–H groups in total. The first-order valence-corrected chi connectivity index (χ1v) is 9.23. The first kappa shape index (κ1) is 19.2. The maximum Gasteiger partial charge on any atom is 0.303 e. The van der Waals surface area contributed by atoms with E-state index in [-0.39, 0.29) is 12.3 Å². The SMILES string of the molecule is CC(c1ccccc1)C(C)C(C)C(C)C(CC(=O)O)c1ccccc1. The van der Waals surface area contributed by atoms with E-state index in [2.05, 4.69) is 64.1 Å². The van der Waals surface area contributed by atoms with Crippen LogP contribution in [0.1, 0.15) is 57.1 Å². The van der Waals surface area contributed by atoms with Gasteiger partial charge >= 0.3 is 5.97 Å². The molecule has 2 heteroatoms. The molecule has 0 fully saturated rings. The van der Waals surface area contributed by atoms with Gasteiger partial charge in [0.1, 0.15) is 0 Å². The normalized spacial score (nSPS) is 17.3. The topological polar surface area (TPSA) is 37.3 Å². The lowest BCUT2D eigenvalue weighted by Crippen LogP contribution is -2.27. The Morgan fingerprint density at radius 3 is 1.72 bits per heavy atom. The number of benzene rings is 2. The van der Waals surface area contributed by atoms with Crippen molar-refractivity contribution in [2.24, 2.45) is 17.8 Å². The van der Waals surface area contributed by atoms with Gasteiger partial charge in [-0.15, -0.1) is 0 Å². The summed E-state index contributed by atoms with van der Waals surface area (Å²) < 4.78 is 0. The van der Waals surface area contributed by atoms with Crippen molar-refractivity contribution in [3.8, 4) is 0 Å². The number of hydrogen-bond acceptors (Lipinski definition) is 1. The van der Waals surface area contributed by atoms with E-state index in [1.54, 1.807) is 0 Å². The van der Waals surface area contributed by atoms with E-state index < -0.39 is 5.97 Å². The Balaban J connectivity index is 2.19. The molecule has 0 saturated heterocycles. The van der Waals surface area contributed by atoms with Gasteiger partial charge in [0.05, 0.1) is 6.42 Å². The lowest BCUT2D eigenvalue weighted by Gasteiger charge is -2.35. The van der Waals surface area contributed by atoms with Crippen molar-refractivity contribution < 1.29 is 9.90 Å². The van der Waals surface area contributed by atoms with Crippen molar-refractivity contribution in [1.29, 1.82) is 0 Å². The number of carboxylic acids is 1. The molecule has 0 amide bonds. The summed E-state index contributed by atoms with van der Waals surface area (Å²) in [5.74, 6) is 0.938. The summed E-state index contributed by atoms with van der Waals surface area (Å²) in [6, 6.07) is 20.7. The molecule has 0 saturated carbocycles. The maximum atomic E-state index is 11.4. The zero-order chi connectivity index (χ0) is 18.4. The summed E-state index contributed by atoms with van der Waals surface area (Å²) in [5.41, 5.74) is 2.48. The molecule has 2 nitrogen and oxygen atoms in total. The van der Waals surface area contributed by atoms with Crippen molar-refractivity contribution >= 4 is 5.97 Å². The second-order valence-corrected chi connectivity index (χ2v) is 7.39. The molecule has 0 heterocycles. The summed E-state index contributed by atoms with van der Waals surface area (Å²) in [4.78, 5) is 11.4. The van der Waals surface area contributed by atoms with E-state index in [9.17, 15) is 9.90 Å². The van der Waals surface area contributed by atoms with Crippen molar-refractivity contribution in [2.75, 3.05) is 0 Å². The van der Waals surface area contributed by atoms with Crippen LogP contribution in [0.5, 0.6) is 0 Å². The largest absolute Gasteiger partial charge is 0.481 e. The first-order chi connectivity index (χ1) is 11.9. The van der Waals surface area contributed by atoms with Gasteiger partial charge in [-0.05, 0) is 40.7 Å². The molecule has 5 atom stereocenters. The van der Waals surface area contributed by atoms with Gasteiger partial charge in [0.2, 0.25) is 0 Å². The smallest absolute Gasteiger partial charge is 0.303 e. The molecule has 134 valence electrons. The molecule has 0 radical (unpaired) electrons. The van der Waals surface area contributed by atoms with Crippen molar-refractivity contribution in [3.05, 3.63) is 71.8 Å². The summed E-state index contributed by atoms with van der Waals surface area (Å²) >= 11 is 0. The average molecular weight is 338 g/mol. The van der Waals surface area contributed by atoms with Crippen molar-refractivity contribution in [2.45, 2.75) is 46.0 Å². The van der Waals surface area contributed by atoms with Crippen LogP contribution in [-0.4, -0.2) is 11.1 Å². The van der Waals surface area contributed by atoms with Crippen LogP contribution in [0.15, 0.2) is 60.7 Å². The van der Waals surface area contributed by atoms with Crippen LogP contribution in [0.25, 0.3) is 0 Å². The zero-order valence-corrected chi connectivity index (χ0v) is 15.7. The first-order valence-electron chi connectivity index (χ1n) is 9.23. The van der Waals surface area contributed by atoms with Crippen molar-refractivity contribution in [3.63, 3.8) is 0 Å². The highest BCUT2D eigenvalue weighted by Crippen LogP contribution is 2.40. The molecule has 2 aromatic carbocycles. The quantitative estimate of drug-likeness (QED) is 0.645. The van der Waals surface area contributed by atoms with Gasteiger partial charge in [0.15, 0.2) is 0 Å². The van der Waals surface area contributed by atoms with Gasteiger partial charge in [-0.25, -0.2) is 0 Å². The molecule has 0 bridgehead atoms. The van der Waals surface area contributed by atoms with Crippen LogP contribution in [0.3, 0.4) is 0 Å². The molecule has 25 heavy (non-hydrogen) atoms. The molecule has 2 aromatic rings. The number of rotatable bonds is 8. The Morgan fingerprint density at radius 1 is 0.760 bits per heavy atom. The highest BCUT2D eigenvalue weighted by atomic mass is 16.4. The number of carbonyl (C=O) groups is 1. The van der Waals surface area contributed by atoms with E-state index in [1.165, 1.54) is 5.56 Å². The predicted molar refractivity (Wildman–Crippen MR) is 104 cm³/mol. The van der Waals surface area contributed by atoms with Crippen LogP contribution in [0, 0.1) is 17.8 Å². The van der Waals surface area contributed by atoms with E-state index in [1.807, 2.05) is 24.3 Å². The molecule has 2 rings (SSSR count). The van der Waals surface area contributed by atoms with Crippen molar-refractivity contribution in [1.82, 2.24) is 0 Å². The standard InChI is InChI=1S/C23H30O2/c1-16(18(3)20-11-7-5-8-12-20)17(2)19(4)22(15-23(24)25)21-13-9-6-10-14-21/h5-14,16-19,22H,15H2,1-4H3,(H,24,25). The third-order valence-electron chi connectivity index (χ3n) is 6.03. The highest BCUT2D eigenvalue weighted by Gasteiger charge is 2.31. The van der Waals surface area contributed by atoms with Gasteiger partial charge in [0.25, 0.3) is 0 Å². The molecular formula is C23H30O2. The molecule has 0 aliphatic heterocycles.